The van der Waals surface area contributed by atoms with Gasteiger partial charge < -0.3 is 19.7 Å². The molecule has 1 aromatic carbocycles. The Morgan fingerprint density at radius 2 is 1.81 bits per heavy atom. The summed E-state index contributed by atoms with van der Waals surface area (Å²) >= 11 is 0. The second-order valence-electron chi connectivity index (χ2n) is 5.43. The fraction of sp³-hybridized carbons (Fsp3) is 0.316. The van der Waals surface area contributed by atoms with Crippen molar-refractivity contribution < 1.29 is 19.1 Å². The summed E-state index contributed by atoms with van der Waals surface area (Å²) in [5.41, 5.74) is 1.05. The van der Waals surface area contributed by atoms with Crippen LogP contribution in [0.5, 0.6) is 11.5 Å². The van der Waals surface area contributed by atoms with Gasteiger partial charge in [0, 0.05) is 30.9 Å². The van der Waals surface area contributed by atoms with E-state index in [1.807, 2.05) is 13.8 Å². The summed E-state index contributed by atoms with van der Waals surface area (Å²) in [6, 6.07) is 8.15. The molecule has 0 aliphatic rings. The van der Waals surface area contributed by atoms with Gasteiger partial charge >= 0.3 is 0 Å². The van der Waals surface area contributed by atoms with Gasteiger partial charge in [0.15, 0.2) is 0 Å². The zero-order valence-corrected chi connectivity index (χ0v) is 15.4. The van der Waals surface area contributed by atoms with Gasteiger partial charge in [-0.25, -0.2) is 0 Å². The standard InChI is InChI=1S/C19H23N3O4/c1-5-22(6-2)19(24)16-11-13(9-10-20-16)18(23)21-15-12-14(25-3)7-8-17(15)26-4/h7-12H,5-6H2,1-4H3,(H,21,23). The maximum Gasteiger partial charge on any atom is 0.272 e. The molecule has 0 aliphatic carbocycles. The molecule has 2 aromatic rings. The molecule has 0 radical (unpaired) electrons. The van der Waals surface area contributed by atoms with Gasteiger partial charge in [-0.2, -0.15) is 0 Å². The number of hydrogen-bond acceptors (Lipinski definition) is 5. The highest BCUT2D eigenvalue weighted by Crippen LogP contribution is 2.29. The molecule has 1 heterocycles. The van der Waals surface area contributed by atoms with Crippen molar-refractivity contribution in [2.24, 2.45) is 0 Å². The number of ether oxygens (including phenoxy) is 2. The van der Waals surface area contributed by atoms with Gasteiger partial charge in [-0.05, 0) is 38.1 Å². The van der Waals surface area contributed by atoms with Crippen molar-refractivity contribution in [2.45, 2.75) is 13.8 Å². The summed E-state index contributed by atoms with van der Waals surface area (Å²) in [6.07, 6.45) is 1.45. The highest BCUT2D eigenvalue weighted by molar-refractivity contribution is 6.06. The lowest BCUT2D eigenvalue weighted by molar-refractivity contribution is 0.0767. The summed E-state index contributed by atoms with van der Waals surface area (Å²) < 4.78 is 10.4. The van der Waals surface area contributed by atoms with E-state index >= 15 is 0 Å². The molecular weight excluding hydrogens is 334 g/mol. The second-order valence-corrected chi connectivity index (χ2v) is 5.43. The minimum atomic E-state index is -0.368. The molecule has 0 saturated heterocycles. The first-order valence-electron chi connectivity index (χ1n) is 8.32. The van der Waals surface area contributed by atoms with Gasteiger partial charge in [0.05, 0.1) is 19.9 Å². The highest BCUT2D eigenvalue weighted by atomic mass is 16.5. The van der Waals surface area contributed by atoms with Crippen molar-refractivity contribution in [1.29, 1.82) is 0 Å². The largest absolute Gasteiger partial charge is 0.497 e. The van der Waals surface area contributed by atoms with Crippen LogP contribution in [0.3, 0.4) is 0 Å². The molecule has 26 heavy (non-hydrogen) atoms. The molecular formula is C19H23N3O4. The molecule has 2 amide bonds. The Balaban J connectivity index is 2.26. The maximum absolute atomic E-state index is 12.6. The molecule has 0 spiro atoms. The number of pyridine rings is 1. The molecule has 0 aliphatic heterocycles. The van der Waals surface area contributed by atoms with E-state index in [0.29, 0.717) is 35.8 Å². The number of nitrogens with zero attached hydrogens (tertiary/aromatic N) is 2. The predicted molar refractivity (Wildman–Crippen MR) is 99.0 cm³/mol. The Hall–Kier alpha value is -3.09. The fourth-order valence-corrected chi connectivity index (χ4v) is 2.47. The lowest BCUT2D eigenvalue weighted by Crippen LogP contribution is -2.31. The van der Waals surface area contributed by atoms with E-state index in [-0.39, 0.29) is 17.5 Å². The van der Waals surface area contributed by atoms with Crippen LogP contribution >= 0.6 is 0 Å². The molecule has 0 bridgehead atoms. The van der Waals surface area contributed by atoms with Crippen molar-refractivity contribution in [3.63, 3.8) is 0 Å². The monoisotopic (exact) mass is 357 g/mol. The van der Waals surface area contributed by atoms with Crippen molar-refractivity contribution in [1.82, 2.24) is 9.88 Å². The average Bonchev–Trinajstić information content (AvgIpc) is 2.68. The minimum absolute atomic E-state index is 0.205. The van der Waals surface area contributed by atoms with Gasteiger partial charge in [0.1, 0.15) is 17.2 Å². The molecule has 7 nitrogen and oxygen atoms in total. The van der Waals surface area contributed by atoms with E-state index in [4.69, 9.17) is 9.47 Å². The Morgan fingerprint density at radius 3 is 2.42 bits per heavy atom. The summed E-state index contributed by atoms with van der Waals surface area (Å²) in [5, 5.41) is 2.78. The van der Waals surface area contributed by atoms with Crippen LogP contribution in [0.4, 0.5) is 5.69 Å². The molecule has 2 rings (SSSR count). The van der Waals surface area contributed by atoms with E-state index in [1.54, 1.807) is 36.3 Å². The number of carbonyl (C=O) groups is 2. The molecule has 0 fully saturated rings. The number of amides is 2. The molecule has 7 heteroatoms. The van der Waals surface area contributed by atoms with Crippen LogP contribution in [0.15, 0.2) is 36.5 Å². The smallest absolute Gasteiger partial charge is 0.272 e. The van der Waals surface area contributed by atoms with Crippen molar-refractivity contribution >= 4 is 17.5 Å². The van der Waals surface area contributed by atoms with Crippen molar-refractivity contribution in [3.8, 4) is 11.5 Å². The third-order valence-electron chi connectivity index (χ3n) is 3.95. The van der Waals surface area contributed by atoms with Crippen LogP contribution in [0.2, 0.25) is 0 Å². The number of hydrogen-bond donors (Lipinski definition) is 1. The van der Waals surface area contributed by atoms with Crippen LogP contribution in [-0.2, 0) is 0 Å². The zero-order chi connectivity index (χ0) is 19.1. The number of nitrogens with one attached hydrogen (secondary N) is 1. The number of rotatable bonds is 7. The molecule has 0 atom stereocenters. The molecule has 0 unspecified atom stereocenters. The van der Waals surface area contributed by atoms with Gasteiger partial charge in [0.25, 0.3) is 11.8 Å². The van der Waals surface area contributed by atoms with E-state index in [2.05, 4.69) is 10.3 Å². The number of benzene rings is 1. The van der Waals surface area contributed by atoms with Gasteiger partial charge in [-0.15, -0.1) is 0 Å². The van der Waals surface area contributed by atoms with Crippen LogP contribution in [0.1, 0.15) is 34.7 Å². The normalized spacial score (nSPS) is 10.2. The maximum atomic E-state index is 12.6. The number of carbonyl (C=O) groups excluding carboxylic acids is 2. The number of anilines is 1. The van der Waals surface area contributed by atoms with E-state index in [9.17, 15) is 9.59 Å². The lowest BCUT2D eigenvalue weighted by atomic mass is 10.2. The predicted octanol–water partition coefficient (Wildman–Crippen LogP) is 2.83. The first-order chi connectivity index (χ1) is 12.5. The molecule has 138 valence electrons. The fourth-order valence-electron chi connectivity index (χ4n) is 2.47. The summed E-state index contributed by atoms with van der Waals surface area (Å²) in [5.74, 6) is 0.525. The zero-order valence-electron chi connectivity index (χ0n) is 15.4. The minimum Gasteiger partial charge on any atom is -0.497 e. The van der Waals surface area contributed by atoms with E-state index in [0.717, 1.165) is 0 Å². The topological polar surface area (TPSA) is 80.8 Å². The number of methoxy groups -OCH3 is 2. The molecule has 0 saturated carbocycles. The quantitative estimate of drug-likeness (QED) is 0.824. The van der Waals surface area contributed by atoms with Crippen LogP contribution < -0.4 is 14.8 Å². The third-order valence-corrected chi connectivity index (χ3v) is 3.95. The molecule has 1 N–H and O–H groups in total. The Morgan fingerprint density at radius 1 is 1.08 bits per heavy atom. The Bertz CT molecular complexity index is 788. The number of aromatic nitrogens is 1. The lowest BCUT2D eigenvalue weighted by Gasteiger charge is -2.18. The molecule has 1 aromatic heterocycles. The Labute approximate surface area is 152 Å². The summed E-state index contributed by atoms with van der Waals surface area (Å²) in [6.45, 7) is 4.95. The first kappa shape index (κ1) is 19.2. The SMILES string of the molecule is CCN(CC)C(=O)c1cc(C(=O)Nc2cc(OC)ccc2OC)ccn1. The van der Waals surface area contributed by atoms with Gasteiger partial charge in [-0.1, -0.05) is 0 Å². The van der Waals surface area contributed by atoms with Crippen molar-refractivity contribution in [2.75, 3.05) is 32.6 Å². The van der Waals surface area contributed by atoms with Crippen molar-refractivity contribution in [3.05, 3.63) is 47.8 Å². The highest BCUT2D eigenvalue weighted by Gasteiger charge is 2.17. The van der Waals surface area contributed by atoms with Crippen LogP contribution in [0.25, 0.3) is 0 Å². The third kappa shape index (κ3) is 4.30. The first-order valence-corrected chi connectivity index (χ1v) is 8.32. The van der Waals surface area contributed by atoms with E-state index < -0.39 is 0 Å². The van der Waals surface area contributed by atoms with Crippen LogP contribution in [0, 0.1) is 0 Å². The summed E-state index contributed by atoms with van der Waals surface area (Å²) in [4.78, 5) is 30.8. The average molecular weight is 357 g/mol. The van der Waals surface area contributed by atoms with Gasteiger partial charge in [0.2, 0.25) is 0 Å². The van der Waals surface area contributed by atoms with Crippen LogP contribution in [-0.4, -0.2) is 49.0 Å². The second kappa shape index (κ2) is 8.84. The van der Waals surface area contributed by atoms with Gasteiger partial charge in [-0.3, -0.25) is 14.6 Å². The Kier molecular flexibility index (Phi) is 6.54. The summed E-state index contributed by atoms with van der Waals surface area (Å²) in [7, 11) is 3.06. The van der Waals surface area contributed by atoms with E-state index in [1.165, 1.54) is 19.4 Å².